The van der Waals surface area contributed by atoms with Gasteiger partial charge < -0.3 is 4.84 Å². The first-order chi connectivity index (χ1) is 11.2. The van der Waals surface area contributed by atoms with Crippen molar-refractivity contribution < 1.29 is 18.4 Å². The number of hydrogen-bond donors (Lipinski definition) is 0. The molecule has 2 aromatic rings. The molecule has 0 aliphatic heterocycles. The van der Waals surface area contributed by atoms with E-state index in [1.807, 2.05) is 12.1 Å². The Morgan fingerprint density at radius 1 is 0.958 bits per heavy atom. The predicted octanol–water partition coefficient (Wildman–Crippen LogP) is 4.84. The van der Waals surface area contributed by atoms with E-state index in [0.717, 1.165) is 17.7 Å². The first-order valence-corrected chi connectivity index (χ1v) is 7.50. The summed E-state index contributed by atoms with van der Waals surface area (Å²) in [5, 5.41) is 3.69. The number of carbonyl (C=O) groups is 1. The fourth-order valence-electron chi connectivity index (χ4n) is 2.04. The smallest absolute Gasteiger partial charge is 0.313 e. The maximum Gasteiger partial charge on any atom is 0.365 e. The predicted molar refractivity (Wildman–Crippen MR) is 89.1 cm³/mol. The number of halogens is 2. The van der Waals surface area contributed by atoms with E-state index >= 15 is 0 Å². The van der Waals surface area contributed by atoms with Crippen LogP contribution in [-0.4, -0.2) is 11.7 Å². The number of oxime groups is 1. The first-order valence-electron chi connectivity index (χ1n) is 7.50. The van der Waals surface area contributed by atoms with E-state index in [1.54, 1.807) is 19.1 Å². The minimum Gasteiger partial charge on any atom is -0.313 e. The van der Waals surface area contributed by atoms with Crippen LogP contribution in [-0.2, 0) is 10.3 Å². The summed E-state index contributed by atoms with van der Waals surface area (Å²) in [4.78, 5) is 16.9. The number of carbonyl (C=O) groups excluding carboxylic acids is 1. The summed E-state index contributed by atoms with van der Waals surface area (Å²) < 4.78 is 26.1. The van der Waals surface area contributed by atoms with Gasteiger partial charge in [0.1, 0.15) is 0 Å². The lowest BCUT2D eigenvalue weighted by atomic mass is 9.87. The zero-order valence-corrected chi connectivity index (χ0v) is 14.1. The van der Waals surface area contributed by atoms with Crippen LogP contribution >= 0.6 is 0 Å². The van der Waals surface area contributed by atoms with Crippen LogP contribution in [0.2, 0.25) is 0 Å². The summed E-state index contributed by atoms with van der Waals surface area (Å²) in [5.74, 6) is -2.54. The lowest BCUT2D eigenvalue weighted by molar-refractivity contribution is 0.0516. The van der Waals surface area contributed by atoms with E-state index < -0.39 is 17.6 Å². The van der Waals surface area contributed by atoms with Gasteiger partial charge in [-0.3, -0.25) is 0 Å². The van der Waals surface area contributed by atoms with Gasteiger partial charge in [-0.2, -0.15) is 0 Å². The molecule has 0 fully saturated rings. The van der Waals surface area contributed by atoms with Gasteiger partial charge in [-0.15, -0.1) is 0 Å². The Hall–Kier alpha value is -2.56. The molecule has 0 saturated carbocycles. The normalized spacial score (nSPS) is 12.2. The van der Waals surface area contributed by atoms with Crippen molar-refractivity contribution in [1.29, 1.82) is 0 Å². The van der Waals surface area contributed by atoms with Crippen molar-refractivity contribution in [3.8, 4) is 0 Å². The Kier molecular flexibility index (Phi) is 5.12. The highest BCUT2D eigenvalue weighted by Gasteiger charge is 2.15. The van der Waals surface area contributed by atoms with E-state index in [-0.39, 0.29) is 11.1 Å². The minimum atomic E-state index is -0.980. The molecule has 0 unspecified atom stereocenters. The molecule has 3 nitrogen and oxygen atoms in total. The fourth-order valence-corrected chi connectivity index (χ4v) is 2.04. The molecule has 0 heterocycles. The zero-order chi connectivity index (χ0) is 17.9. The summed E-state index contributed by atoms with van der Waals surface area (Å²) in [6.45, 7) is 7.78. The van der Waals surface area contributed by atoms with Crippen LogP contribution in [0, 0.1) is 11.6 Å². The monoisotopic (exact) mass is 331 g/mol. The van der Waals surface area contributed by atoms with E-state index in [1.165, 1.54) is 6.07 Å². The van der Waals surface area contributed by atoms with Crippen LogP contribution in [0.4, 0.5) is 8.78 Å². The third-order valence-corrected chi connectivity index (χ3v) is 3.59. The molecule has 0 N–H and O–H groups in total. The van der Waals surface area contributed by atoms with Gasteiger partial charge in [0, 0.05) is 5.56 Å². The Morgan fingerprint density at radius 2 is 1.54 bits per heavy atom. The second kappa shape index (κ2) is 6.91. The molecular weight excluding hydrogens is 312 g/mol. The molecule has 0 aliphatic rings. The summed E-state index contributed by atoms with van der Waals surface area (Å²) >= 11 is 0. The Labute approximate surface area is 139 Å². The van der Waals surface area contributed by atoms with Crippen LogP contribution in [0.3, 0.4) is 0 Å². The van der Waals surface area contributed by atoms with Crippen molar-refractivity contribution in [3.05, 3.63) is 70.8 Å². The van der Waals surface area contributed by atoms with Crippen molar-refractivity contribution >= 4 is 11.7 Å². The molecule has 5 heteroatoms. The molecule has 2 aromatic carbocycles. The number of nitrogens with zero attached hydrogens (tertiary/aromatic N) is 1. The SMILES string of the molecule is CC(=NOC(=O)c1ccc(C(C)(C)C)cc1)c1ccc(F)c(F)c1. The third-order valence-electron chi connectivity index (χ3n) is 3.59. The average Bonchev–Trinajstić information content (AvgIpc) is 2.54. The topological polar surface area (TPSA) is 38.7 Å². The van der Waals surface area contributed by atoms with E-state index in [0.29, 0.717) is 11.1 Å². The molecule has 0 aliphatic carbocycles. The number of benzene rings is 2. The highest BCUT2D eigenvalue weighted by Crippen LogP contribution is 2.22. The lowest BCUT2D eigenvalue weighted by Gasteiger charge is -2.18. The van der Waals surface area contributed by atoms with Crippen molar-refractivity contribution in [2.75, 3.05) is 0 Å². The van der Waals surface area contributed by atoms with Crippen LogP contribution in [0.1, 0.15) is 49.2 Å². The van der Waals surface area contributed by atoms with Gasteiger partial charge in [0.05, 0.1) is 11.3 Å². The summed E-state index contributed by atoms with van der Waals surface area (Å²) in [6, 6.07) is 10.4. The maximum absolute atomic E-state index is 13.2. The first kappa shape index (κ1) is 17.8. The molecule has 0 amide bonds. The van der Waals surface area contributed by atoms with Gasteiger partial charge in [-0.05, 0) is 48.2 Å². The average molecular weight is 331 g/mol. The second-order valence-corrected chi connectivity index (χ2v) is 6.51. The van der Waals surface area contributed by atoms with Crippen LogP contribution in [0.5, 0.6) is 0 Å². The highest BCUT2D eigenvalue weighted by molar-refractivity contribution is 5.99. The van der Waals surface area contributed by atoms with Gasteiger partial charge >= 0.3 is 5.97 Å². The molecule has 0 bridgehead atoms. The summed E-state index contributed by atoms with van der Waals surface area (Å²) in [7, 11) is 0. The second-order valence-electron chi connectivity index (χ2n) is 6.51. The summed E-state index contributed by atoms with van der Waals surface area (Å²) in [5.41, 5.74) is 2.06. The largest absolute Gasteiger partial charge is 0.365 e. The number of hydrogen-bond acceptors (Lipinski definition) is 3. The highest BCUT2D eigenvalue weighted by atomic mass is 19.2. The van der Waals surface area contributed by atoms with Crippen molar-refractivity contribution in [1.82, 2.24) is 0 Å². The zero-order valence-electron chi connectivity index (χ0n) is 14.1. The molecule has 0 saturated heterocycles. The van der Waals surface area contributed by atoms with Gasteiger partial charge in [0.2, 0.25) is 0 Å². The van der Waals surface area contributed by atoms with E-state index in [9.17, 15) is 13.6 Å². The molecule has 126 valence electrons. The standard InChI is InChI=1S/C19H19F2NO2/c1-12(14-7-10-16(20)17(21)11-14)22-24-18(23)13-5-8-15(9-6-13)19(2,3)4/h5-11H,1-4H3. The molecule has 0 spiro atoms. The van der Waals surface area contributed by atoms with Crippen molar-refractivity contribution in [2.24, 2.45) is 5.16 Å². The van der Waals surface area contributed by atoms with Crippen molar-refractivity contribution in [3.63, 3.8) is 0 Å². The molecule has 0 radical (unpaired) electrons. The van der Waals surface area contributed by atoms with Crippen LogP contribution in [0.25, 0.3) is 0 Å². The maximum atomic E-state index is 13.2. The Morgan fingerprint density at radius 3 is 2.08 bits per heavy atom. The molecule has 0 aromatic heterocycles. The Bertz CT molecular complexity index is 775. The summed E-state index contributed by atoms with van der Waals surface area (Å²) in [6.07, 6.45) is 0. The van der Waals surface area contributed by atoms with Crippen LogP contribution in [0.15, 0.2) is 47.6 Å². The van der Waals surface area contributed by atoms with Crippen LogP contribution < -0.4 is 0 Å². The minimum absolute atomic E-state index is 0.0101. The molecule has 24 heavy (non-hydrogen) atoms. The molecule has 2 rings (SSSR count). The molecule has 0 atom stereocenters. The third kappa shape index (κ3) is 4.25. The van der Waals surface area contributed by atoms with Gasteiger partial charge in [-0.25, -0.2) is 13.6 Å². The Balaban J connectivity index is 2.10. The van der Waals surface area contributed by atoms with E-state index in [4.69, 9.17) is 4.84 Å². The van der Waals surface area contributed by atoms with Gasteiger partial charge in [0.25, 0.3) is 0 Å². The lowest BCUT2D eigenvalue weighted by Crippen LogP contribution is -2.11. The van der Waals surface area contributed by atoms with E-state index in [2.05, 4.69) is 25.9 Å². The van der Waals surface area contributed by atoms with Gasteiger partial charge in [-0.1, -0.05) is 38.1 Å². The fraction of sp³-hybridized carbons (Fsp3) is 0.263. The molecular formula is C19H19F2NO2. The number of rotatable bonds is 3. The quantitative estimate of drug-likeness (QED) is 0.458. The van der Waals surface area contributed by atoms with Crippen molar-refractivity contribution in [2.45, 2.75) is 33.1 Å². The van der Waals surface area contributed by atoms with Gasteiger partial charge in [0.15, 0.2) is 11.6 Å².